The SMILES string of the molecule is O=C(c1c(F)ccc([N+](=O)[O-])c1F)c1c[nH]c2nc(Cl)[nH]c(=O)c12. The molecule has 0 saturated carbocycles. The lowest BCUT2D eigenvalue weighted by Gasteiger charge is -2.04. The number of hydrogen-bond donors (Lipinski definition) is 2. The van der Waals surface area contributed by atoms with Gasteiger partial charge in [0.1, 0.15) is 17.0 Å². The van der Waals surface area contributed by atoms with Gasteiger partial charge in [0.2, 0.25) is 16.9 Å². The zero-order valence-electron chi connectivity index (χ0n) is 11.4. The van der Waals surface area contributed by atoms with E-state index in [0.717, 1.165) is 6.20 Å². The number of carbonyl (C=O) groups excluding carboxylic acids is 1. The van der Waals surface area contributed by atoms with E-state index in [4.69, 9.17) is 11.6 Å². The van der Waals surface area contributed by atoms with Crippen LogP contribution >= 0.6 is 11.6 Å². The predicted octanol–water partition coefficient (Wildman–Crippen LogP) is 2.32. The maximum atomic E-state index is 14.2. The summed E-state index contributed by atoms with van der Waals surface area (Å²) in [5.41, 5.74) is -3.47. The fraction of sp³-hybridized carbons (Fsp3) is 0. The van der Waals surface area contributed by atoms with Crippen LogP contribution in [0.3, 0.4) is 0 Å². The van der Waals surface area contributed by atoms with Crippen molar-refractivity contribution >= 4 is 34.1 Å². The Labute approximate surface area is 135 Å². The van der Waals surface area contributed by atoms with E-state index in [-0.39, 0.29) is 16.3 Å². The summed E-state index contributed by atoms with van der Waals surface area (Å²) < 4.78 is 28.0. The summed E-state index contributed by atoms with van der Waals surface area (Å²) in [6.45, 7) is 0. The van der Waals surface area contributed by atoms with Crippen LogP contribution in [-0.2, 0) is 0 Å². The molecule has 2 heterocycles. The van der Waals surface area contributed by atoms with Gasteiger partial charge < -0.3 is 4.98 Å². The highest BCUT2D eigenvalue weighted by Gasteiger charge is 2.29. The van der Waals surface area contributed by atoms with Crippen molar-refractivity contribution < 1.29 is 18.5 Å². The van der Waals surface area contributed by atoms with Crippen molar-refractivity contribution in [2.45, 2.75) is 0 Å². The minimum atomic E-state index is -1.63. The molecule has 0 spiro atoms. The first-order chi connectivity index (χ1) is 11.3. The number of nitro groups is 1. The van der Waals surface area contributed by atoms with Crippen molar-refractivity contribution in [1.29, 1.82) is 0 Å². The van der Waals surface area contributed by atoms with Crippen LogP contribution in [0.15, 0.2) is 23.1 Å². The molecule has 3 rings (SSSR count). The molecule has 0 fully saturated rings. The number of halogens is 3. The van der Waals surface area contributed by atoms with Gasteiger partial charge in [0, 0.05) is 12.3 Å². The van der Waals surface area contributed by atoms with Gasteiger partial charge in [-0.05, 0) is 17.7 Å². The van der Waals surface area contributed by atoms with E-state index in [1.54, 1.807) is 0 Å². The molecule has 11 heteroatoms. The van der Waals surface area contributed by atoms with Crippen LogP contribution in [0.2, 0.25) is 5.28 Å². The van der Waals surface area contributed by atoms with Crippen molar-refractivity contribution in [3.05, 3.63) is 66.8 Å². The predicted molar refractivity (Wildman–Crippen MR) is 78.2 cm³/mol. The molecular formula is C13H5ClF2N4O4. The van der Waals surface area contributed by atoms with E-state index in [2.05, 4.69) is 15.0 Å². The van der Waals surface area contributed by atoms with Gasteiger partial charge in [-0.15, -0.1) is 0 Å². The summed E-state index contributed by atoms with van der Waals surface area (Å²) in [6.07, 6.45) is 1.02. The van der Waals surface area contributed by atoms with E-state index >= 15 is 0 Å². The lowest BCUT2D eigenvalue weighted by Crippen LogP contribution is -2.13. The minimum Gasteiger partial charge on any atom is -0.345 e. The number of benzene rings is 1. The Bertz CT molecular complexity index is 1080. The number of ketones is 1. The van der Waals surface area contributed by atoms with Gasteiger partial charge in [0.05, 0.1) is 15.9 Å². The zero-order chi connectivity index (χ0) is 17.6. The normalized spacial score (nSPS) is 11.0. The first-order valence-corrected chi connectivity index (χ1v) is 6.63. The Morgan fingerprint density at radius 1 is 1.33 bits per heavy atom. The smallest absolute Gasteiger partial charge is 0.305 e. The molecule has 0 bridgehead atoms. The molecule has 24 heavy (non-hydrogen) atoms. The third-order valence-corrected chi connectivity index (χ3v) is 3.43. The second-order valence-electron chi connectivity index (χ2n) is 4.62. The summed E-state index contributed by atoms with van der Waals surface area (Å²) in [6, 6.07) is 1.20. The third-order valence-electron chi connectivity index (χ3n) is 3.25. The van der Waals surface area contributed by atoms with Gasteiger partial charge in [-0.3, -0.25) is 24.7 Å². The maximum Gasteiger partial charge on any atom is 0.305 e. The fourth-order valence-electron chi connectivity index (χ4n) is 2.22. The van der Waals surface area contributed by atoms with Gasteiger partial charge in [-0.25, -0.2) is 9.37 Å². The minimum absolute atomic E-state index is 0.0710. The van der Waals surface area contributed by atoms with Crippen molar-refractivity contribution in [3.63, 3.8) is 0 Å². The third kappa shape index (κ3) is 2.33. The number of carbonyl (C=O) groups is 1. The van der Waals surface area contributed by atoms with Crippen LogP contribution < -0.4 is 5.56 Å². The number of nitrogens with one attached hydrogen (secondary N) is 2. The number of nitro benzene ring substituents is 1. The van der Waals surface area contributed by atoms with Gasteiger partial charge in [-0.1, -0.05) is 0 Å². The summed E-state index contributed by atoms with van der Waals surface area (Å²) in [4.78, 5) is 42.4. The Balaban J connectivity index is 2.27. The summed E-state index contributed by atoms with van der Waals surface area (Å²) in [5, 5.41) is 10.2. The van der Waals surface area contributed by atoms with E-state index in [1.165, 1.54) is 0 Å². The molecule has 8 nitrogen and oxygen atoms in total. The highest BCUT2D eigenvalue weighted by atomic mass is 35.5. The van der Waals surface area contributed by atoms with Crippen LogP contribution in [-0.4, -0.2) is 25.7 Å². The number of rotatable bonds is 3. The van der Waals surface area contributed by atoms with Crippen LogP contribution in [0.25, 0.3) is 11.0 Å². The molecule has 0 amide bonds. The monoisotopic (exact) mass is 354 g/mol. The highest BCUT2D eigenvalue weighted by Crippen LogP contribution is 2.26. The lowest BCUT2D eigenvalue weighted by atomic mass is 10.0. The Hall–Kier alpha value is -3.14. The second kappa shape index (κ2) is 5.49. The average molecular weight is 355 g/mol. The molecule has 0 atom stereocenters. The Morgan fingerprint density at radius 3 is 2.71 bits per heavy atom. The molecule has 0 aliphatic rings. The molecule has 3 aromatic rings. The number of aromatic amines is 2. The van der Waals surface area contributed by atoms with E-state index < -0.39 is 44.7 Å². The van der Waals surface area contributed by atoms with Crippen molar-refractivity contribution in [3.8, 4) is 0 Å². The Kier molecular flexibility index (Phi) is 3.60. The van der Waals surface area contributed by atoms with Gasteiger partial charge in [-0.2, -0.15) is 4.39 Å². The Morgan fingerprint density at radius 2 is 2.04 bits per heavy atom. The molecule has 0 aliphatic heterocycles. The van der Waals surface area contributed by atoms with Crippen LogP contribution in [0, 0.1) is 21.7 Å². The second-order valence-corrected chi connectivity index (χ2v) is 4.98. The molecule has 122 valence electrons. The molecule has 0 radical (unpaired) electrons. The molecular weight excluding hydrogens is 350 g/mol. The standard InChI is InChI=1S/C13H5ClF2N4O4/c14-13-18-11-7(12(22)19-13)4(3-17-11)10(21)8-5(15)1-2-6(9(8)16)20(23)24/h1-3H,(H2,17,18,19,22). The van der Waals surface area contributed by atoms with E-state index in [9.17, 15) is 28.5 Å². The van der Waals surface area contributed by atoms with Crippen LogP contribution in [0.5, 0.6) is 0 Å². The summed E-state index contributed by atoms with van der Waals surface area (Å²) in [7, 11) is 0. The number of fused-ring (bicyclic) bond motifs is 1. The van der Waals surface area contributed by atoms with E-state index in [1.807, 2.05) is 0 Å². The molecule has 1 aromatic carbocycles. The first-order valence-electron chi connectivity index (χ1n) is 6.25. The molecule has 0 unspecified atom stereocenters. The van der Waals surface area contributed by atoms with Gasteiger partial charge in [0.15, 0.2) is 0 Å². The highest BCUT2D eigenvalue weighted by molar-refractivity contribution is 6.28. The summed E-state index contributed by atoms with van der Waals surface area (Å²) in [5.74, 6) is -4.16. The van der Waals surface area contributed by atoms with Gasteiger partial charge in [0.25, 0.3) is 5.56 Å². The van der Waals surface area contributed by atoms with Gasteiger partial charge >= 0.3 is 5.69 Å². The quantitative estimate of drug-likeness (QED) is 0.323. The molecule has 0 saturated heterocycles. The molecule has 2 N–H and O–H groups in total. The maximum absolute atomic E-state index is 14.2. The summed E-state index contributed by atoms with van der Waals surface area (Å²) >= 11 is 5.57. The number of nitrogens with zero attached hydrogens (tertiary/aromatic N) is 2. The topological polar surface area (TPSA) is 122 Å². The first kappa shape index (κ1) is 15.7. The van der Waals surface area contributed by atoms with Crippen molar-refractivity contribution in [2.24, 2.45) is 0 Å². The zero-order valence-corrected chi connectivity index (χ0v) is 12.1. The van der Waals surface area contributed by atoms with E-state index in [0.29, 0.717) is 12.1 Å². The fourth-order valence-corrected chi connectivity index (χ4v) is 2.39. The number of hydrogen-bond acceptors (Lipinski definition) is 5. The average Bonchev–Trinajstić information content (AvgIpc) is 2.90. The number of H-pyrrole nitrogens is 2. The molecule has 0 aliphatic carbocycles. The van der Waals surface area contributed by atoms with Crippen LogP contribution in [0.4, 0.5) is 14.5 Å². The lowest BCUT2D eigenvalue weighted by molar-refractivity contribution is -0.387. The molecule has 2 aromatic heterocycles. The van der Waals surface area contributed by atoms with Crippen LogP contribution in [0.1, 0.15) is 15.9 Å². The van der Waals surface area contributed by atoms with Crippen molar-refractivity contribution in [1.82, 2.24) is 15.0 Å². The number of aromatic nitrogens is 3. The largest absolute Gasteiger partial charge is 0.345 e. The van der Waals surface area contributed by atoms with Crippen molar-refractivity contribution in [2.75, 3.05) is 0 Å².